The largest absolute Gasteiger partial charge is 0.356 e. The Bertz CT molecular complexity index is 313. The van der Waals surface area contributed by atoms with Gasteiger partial charge in [-0.1, -0.05) is 0 Å². The molecule has 3 rings (SSSR count). The van der Waals surface area contributed by atoms with Crippen LogP contribution in [0.2, 0.25) is 0 Å². The van der Waals surface area contributed by atoms with Crippen LogP contribution in [0.3, 0.4) is 0 Å². The highest BCUT2D eigenvalue weighted by atomic mass is 16.1. The van der Waals surface area contributed by atoms with E-state index in [1.54, 1.807) is 0 Å². The molecule has 2 N–H and O–H groups in total. The molecule has 108 valence electrons. The summed E-state index contributed by atoms with van der Waals surface area (Å²) in [6.45, 7) is 2.84. The number of piperidine rings is 2. The first kappa shape index (κ1) is 13.4. The van der Waals surface area contributed by atoms with Gasteiger partial charge in [-0.05, 0) is 58.0 Å². The Morgan fingerprint density at radius 2 is 2.00 bits per heavy atom. The molecule has 3 heterocycles. The molecule has 19 heavy (non-hydrogen) atoms. The SMILES string of the molecule is CN1C2CCC1CC(CNC(=O)C1CCCNC1)C2. The summed E-state index contributed by atoms with van der Waals surface area (Å²) in [6, 6.07) is 1.55. The van der Waals surface area contributed by atoms with E-state index in [4.69, 9.17) is 0 Å². The van der Waals surface area contributed by atoms with Gasteiger partial charge in [-0.15, -0.1) is 0 Å². The monoisotopic (exact) mass is 265 g/mol. The molecular formula is C15H27N3O. The van der Waals surface area contributed by atoms with Crippen LogP contribution in [0.25, 0.3) is 0 Å². The molecule has 0 aromatic carbocycles. The van der Waals surface area contributed by atoms with Gasteiger partial charge in [0, 0.05) is 25.2 Å². The number of carbonyl (C=O) groups is 1. The second kappa shape index (κ2) is 5.80. The van der Waals surface area contributed by atoms with Gasteiger partial charge < -0.3 is 15.5 Å². The molecule has 3 aliphatic heterocycles. The average molecular weight is 265 g/mol. The lowest BCUT2D eigenvalue weighted by Crippen LogP contribution is -2.45. The molecule has 0 spiro atoms. The molecule has 0 aromatic rings. The number of rotatable bonds is 3. The maximum absolute atomic E-state index is 12.1. The van der Waals surface area contributed by atoms with E-state index >= 15 is 0 Å². The van der Waals surface area contributed by atoms with Gasteiger partial charge in [-0.25, -0.2) is 0 Å². The Labute approximate surface area is 116 Å². The average Bonchev–Trinajstić information content (AvgIpc) is 2.68. The molecule has 3 saturated heterocycles. The van der Waals surface area contributed by atoms with E-state index < -0.39 is 0 Å². The fraction of sp³-hybridized carbons (Fsp3) is 0.933. The van der Waals surface area contributed by atoms with Crippen molar-refractivity contribution in [1.29, 1.82) is 0 Å². The highest BCUT2D eigenvalue weighted by molar-refractivity contribution is 5.78. The van der Waals surface area contributed by atoms with Gasteiger partial charge >= 0.3 is 0 Å². The van der Waals surface area contributed by atoms with Crippen LogP contribution in [0.15, 0.2) is 0 Å². The van der Waals surface area contributed by atoms with Gasteiger partial charge in [0.2, 0.25) is 5.91 Å². The maximum Gasteiger partial charge on any atom is 0.224 e. The molecule has 1 amide bonds. The Kier molecular flexibility index (Phi) is 4.08. The number of hydrogen-bond acceptors (Lipinski definition) is 3. The van der Waals surface area contributed by atoms with Crippen molar-refractivity contribution in [2.75, 3.05) is 26.7 Å². The summed E-state index contributed by atoms with van der Waals surface area (Å²) in [5, 5.41) is 6.52. The van der Waals surface area contributed by atoms with Crippen LogP contribution in [-0.4, -0.2) is 49.6 Å². The summed E-state index contributed by atoms with van der Waals surface area (Å²) in [5.41, 5.74) is 0. The smallest absolute Gasteiger partial charge is 0.224 e. The lowest BCUT2D eigenvalue weighted by Gasteiger charge is -2.36. The summed E-state index contributed by atoms with van der Waals surface area (Å²) in [6.07, 6.45) is 7.46. The van der Waals surface area contributed by atoms with E-state index in [0.717, 1.165) is 44.6 Å². The van der Waals surface area contributed by atoms with Crippen molar-refractivity contribution in [2.24, 2.45) is 11.8 Å². The highest BCUT2D eigenvalue weighted by Gasteiger charge is 2.38. The third-order valence-corrected chi connectivity index (χ3v) is 5.43. The summed E-state index contributed by atoms with van der Waals surface area (Å²) in [5.74, 6) is 1.18. The molecule has 2 bridgehead atoms. The van der Waals surface area contributed by atoms with Crippen LogP contribution in [0, 0.1) is 11.8 Å². The van der Waals surface area contributed by atoms with E-state index in [9.17, 15) is 4.79 Å². The Balaban J connectivity index is 1.44. The molecule has 3 atom stereocenters. The topological polar surface area (TPSA) is 44.4 Å². The van der Waals surface area contributed by atoms with Gasteiger partial charge in [0.1, 0.15) is 0 Å². The van der Waals surface area contributed by atoms with Crippen LogP contribution in [0.5, 0.6) is 0 Å². The Hall–Kier alpha value is -0.610. The fourth-order valence-corrected chi connectivity index (χ4v) is 4.16. The molecule has 0 aliphatic carbocycles. The lowest BCUT2D eigenvalue weighted by molar-refractivity contribution is -0.125. The third-order valence-electron chi connectivity index (χ3n) is 5.43. The van der Waals surface area contributed by atoms with E-state index in [2.05, 4.69) is 22.6 Å². The summed E-state index contributed by atoms with van der Waals surface area (Å²) < 4.78 is 0. The number of fused-ring (bicyclic) bond motifs is 2. The zero-order valence-electron chi connectivity index (χ0n) is 12.0. The van der Waals surface area contributed by atoms with Gasteiger partial charge in [0.05, 0.1) is 5.92 Å². The zero-order chi connectivity index (χ0) is 13.2. The highest BCUT2D eigenvalue weighted by Crippen LogP contribution is 2.37. The van der Waals surface area contributed by atoms with Crippen molar-refractivity contribution >= 4 is 5.91 Å². The number of amides is 1. The van der Waals surface area contributed by atoms with E-state index in [1.807, 2.05) is 0 Å². The van der Waals surface area contributed by atoms with Gasteiger partial charge in [0.15, 0.2) is 0 Å². The predicted molar refractivity (Wildman–Crippen MR) is 75.9 cm³/mol. The van der Waals surface area contributed by atoms with Crippen LogP contribution < -0.4 is 10.6 Å². The summed E-state index contributed by atoms with van der Waals surface area (Å²) in [7, 11) is 2.27. The van der Waals surface area contributed by atoms with E-state index in [-0.39, 0.29) is 11.8 Å². The molecular weight excluding hydrogens is 238 g/mol. The van der Waals surface area contributed by atoms with Crippen molar-refractivity contribution in [1.82, 2.24) is 15.5 Å². The van der Waals surface area contributed by atoms with Crippen molar-refractivity contribution in [3.05, 3.63) is 0 Å². The predicted octanol–water partition coefficient (Wildman–Crippen LogP) is 0.975. The second-order valence-corrected chi connectivity index (χ2v) is 6.68. The molecule has 3 fully saturated rings. The number of hydrogen-bond donors (Lipinski definition) is 2. The van der Waals surface area contributed by atoms with Gasteiger partial charge in [-0.3, -0.25) is 4.79 Å². The maximum atomic E-state index is 12.1. The van der Waals surface area contributed by atoms with Crippen LogP contribution in [0.4, 0.5) is 0 Å². The Morgan fingerprint density at radius 1 is 1.26 bits per heavy atom. The molecule has 0 saturated carbocycles. The second-order valence-electron chi connectivity index (χ2n) is 6.68. The van der Waals surface area contributed by atoms with Gasteiger partial charge in [0.25, 0.3) is 0 Å². The molecule has 3 aliphatic rings. The molecule has 3 unspecified atom stereocenters. The minimum Gasteiger partial charge on any atom is -0.356 e. The first-order chi connectivity index (χ1) is 9.24. The minimum absolute atomic E-state index is 0.205. The number of carbonyl (C=O) groups excluding carboxylic acids is 1. The minimum atomic E-state index is 0.205. The van der Waals surface area contributed by atoms with E-state index in [0.29, 0.717) is 5.92 Å². The molecule has 0 radical (unpaired) electrons. The normalized spacial score (nSPS) is 39.2. The number of nitrogens with one attached hydrogen (secondary N) is 2. The molecule has 4 heteroatoms. The summed E-state index contributed by atoms with van der Waals surface area (Å²) >= 11 is 0. The third kappa shape index (κ3) is 2.95. The summed E-state index contributed by atoms with van der Waals surface area (Å²) in [4.78, 5) is 14.7. The first-order valence-corrected chi connectivity index (χ1v) is 7.94. The van der Waals surface area contributed by atoms with Crippen LogP contribution in [-0.2, 0) is 4.79 Å². The van der Waals surface area contributed by atoms with Crippen molar-refractivity contribution in [2.45, 2.75) is 50.6 Å². The van der Waals surface area contributed by atoms with Crippen LogP contribution >= 0.6 is 0 Å². The zero-order valence-corrected chi connectivity index (χ0v) is 12.0. The quantitative estimate of drug-likeness (QED) is 0.799. The van der Waals surface area contributed by atoms with Gasteiger partial charge in [-0.2, -0.15) is 0 Å². The molecule has 4 nitrogen and oxygen atoms in total. The van der Waals surface area contributed by atoms with Crippen molar-refractivity contribution < 1.29 is 4.79 Å². The standard InChI is InChI=1S/C15H27N3O/c1-18-13-4-5-14(18)8-11(7-13)9-17-15(19)12-3-2-6-16-10-12/h11-14,16H,2-10H2,1H3,(H,17,19). The van der Waals surface area contributed by atoms with Crippen LogP contribution in [0.1, 0.15) is 38.5 Å². The molecule has 0 aromatic heterocycles. The lowest BCUT2D eigenvalue weighted by atomic mass is 9.90. The Morgan fingerprint density at radius 3 is 2.63 bits per heavy atom. The fourth-order valence-electron chi connectivity index (χ4n) is 4.16. The van der Waals surface area contributed by atoms with E-state index in [1.165, 1.54) is 25.7 Å². The first-order valence-electron chi connectivity index (χ1n) is 7.94. The van der Waals surface area contributed by atoms with Crippen molar-refractivity contribution in [3.63, 3.8) is 0 Å². The number of nitrogens with zero attached hydrogens (tertiary/aromatic N) is 1. The van der Waals surface area contributed by atoms with Crippen molar-refractivity contribution in [3.8, 4) is 0 Å².